The summed E-state index contributed by atoms with van der Waals surface area (Å²) in [5, 5.41) is 3.50. The lowest BCUT2D eigenvalue weighted by Gasteiger charge is -2.10. The lowest BCUT2D eigenvalue weighted by Crippen LogP contribution is -2.11. The Morgan fingerprint density at radius 1 is 1.00 bits per heavy atom. The van der Waals surface area contributed by atoms with Crippen molar-refractivity contribution >= 4 is 38.5 Å². The lowest BCUT2D eigenvalue weighted by molar-refractivity contribution is 0.100. The van der Waals surface area contributed by atoms with Crippen molar-refractivity contribution in [3.63, 3.8) is 0 Å². The van der Waals surface area contributed by atoms with Gasteiger partial charge in [0.2, 0.25) is 5.91 Å². The quantitative estimate of drug-likeness (QED) is 0.477. The second-order valence-corrected chi connectivity index (χ2v) is 6.88. The molecule has 1 heterocycles. The van der Waals surface area contributed by atoms with E-state index in [0.29, 0.717) is 28.4 Å². The van der Waals surface area contributed by atoms with Gasteiger partial charge in [-0.2, -0.15) is 0 Å². The third kappa shape index (κ3) is 2.46. The van der Waals surface area contributed by atoms with E-state index in [2.05, 4.69) is 30.3 Å². The van der Waals surface area contributed by atoms with Gasteiger partial charge in [-0.15, -0.1) is 0 Å². The highest BCUT2D eigenvalue weighted by molar-refractivity contribution is 6.17. The summed E-state index contributed by atoms with van der Waals surface area (Å²) >= 11 is 0. The first-order valence-corrected chi connectivity index (χ1v) is 9.02. The number of amides is 1. The maximum atomic E-state index is 14.8. The van der Waals surface area contributed by atoms with Gasteiger partial charge in [-0.1, -0.05) is 48.5 Å². The molecule has 0 bridgehead atoms. The fraction of sp³-hybridized carbons (Fsp3) is 0.0417. The molecular formula is C24H16FN2O. The van der Waals surface area contributed by atoms with Crippen LogP contribution in [0, 0.1) is 11.9 Å². The molecule has 28 heavy (non-hydrogen) atoms. The molecule has 1 aromatic heterocycles. The second-order valence-electron chi connectivity index (χ2n) is 6.88. The van der Waals surface area contributed by atoms with Crippen LogP contribution in [0.1, 0.15) is 15.9 Å². The summed E-state index contributed by atoms with van der Waals surface area (Å²) in [6.07, 6.45) is 0. The summed E-state index contributed by atoms with van der Waals surface area (Å²) in [4.78, 5) is 12.0. The van der Waals surface area contributed by atoms with Crippen molar-refractivity contribution in [1.29, 1.82) is 0 Å². The molecule has 0 aliphatic rings. The van der Waals surface area contributed by atoms with Crippen LogP contribution >= 0.6 is 0 Å². The molecule has 1 radical (unpaired) electrons. The Balaban J connectivity index is 1.79. The molecule has 2 N–H and O–H groups in total. The van der Waals surface area contributed by atoms with Gasteiger partial charge >= 0.3 is 0 Å². The highest BCUT2D eigenvalue weighted by Crippen LogP contribution is 2.33. The SMILES string of the molecule is NC(=O)c1cccc2c1c1[c]ccc(F)c1n2Cc1ccc2ccccc2c1. The molecule has 3 nitrogen and oxygen atoms in total. The van der Waals surface area contributed by atoms with E-state index in [1.165, 1.54) is 12.1 Å². The minimum atomic E-state index is -0.534. The first-order valence-electron chi connectivity index (χ1n) is 9.02. The van der Waals surface area contributed by atoms with Crippen LogP contribution in [0.3, 0.4) is 0 Å². The van der Waals surface area contributed by atoms with Gasteiger partial charge in [0.1, 0.15) is 5.82 Å². The van der Waals surface area contributed by atoms with E-state index in [1.807, 2.05) is 28.8 Å². The van der Waals surface area contributed by atoms with Gasteiger partial charge in [-0.3, -0.25) is 4.79 Å². The number of carbonyl (C=O) groups excluding carboxylic acids is 1. The van der Waals surface area contributed by atoms with Gasteiger partial charge in [0.15, 0.2) is 0 Å². The molecule has 0 saturated heterocycles. The molecule has 1 amide bonds. The number of nitrogens with zero attached hydrogens (tertiary/aromatic N) is 1. The number of hydrogen-bond acceptors (Lipinski definition) is 1. The molecular weight excluding hydrogens is 351 g/mol. The van der Waals surface area contributed by atoms with Crippen LogP contribution in [0.25, 0.3) is 32.6 Å². The highest BCUT2D eigenvalue weighted by atomic mass is 19.1. The van der Waals surface area contributed by atoms with Crippen molar-refractivity contribution in [3.8, 4) is 0 Å². The Morgan fingerprint density at radius 3 is 2.64 bits per heavy atom. The van der Waals surface area contributed by atoms with Crippen LogP contribution in [0.15, 0.2) is 72.8 Å². The molecule has 0 saturated carbocycles. The van der Waals surface area contributed by atoms with Crippen molar-refractivity contribution < 1.29 is 9.18 Å². The summed E-state index contributed by atoms with van der Waals surface area (Å²) in [6.45, 7) is 0.474. The smallest absolute Gasteiger partial charge is 0.249 e. The van der Waals surface area contributed by atoms with Crippen molar-refractivity contribution in [2.45, 2.75) is 6.54 Å². The van der Waals surface area contributed by atoms with Crippen molar-refractivity contribution in [3.05, 3.63) is 95.8 Å². The summed E-state index contributed by atoms with van der Waals surface area (Å²) < 4.78 is 16.7. The van der Waals surface area contributed by atoms with E-state index in [4.69, 9.17) is 5.73 Å². The van der Waals surface area contributed by atoms with E-state index in [0.717, 1.165) is 21.9 Å². The summed E-state index contributed by atoms with van der Waals surface area (Å²) in [7, 11) is 0. The van der Waals surface area contributed by atoms with Crippen molar-refractivity contribution in [2.24, 2.45) is 5.73 Å². The predicted octanol–water partition coefficient (Wildman–Crippen LogP) is 5.03. The average molecular weight is 367 g/mol. The molecule has 0 aliphatic heterocycles. The van der Waals surface area contributed by atoms with Gasteiger partial charge in [0, 0.05) is 22.9 Å². The van der Waals surface area contributed by atoms with E-state index >= 15 is 0 Å². The first kappa shape index (κ1) is 16.5. The molecule has 4 aromatic carbocycles. The molecule has 0 aliphatic carbocycles. The molecule has 0 atom stereocenters. The van der Waals surface area contributed by atoms with E-state index < -0.39 is 5.91 Å². The van der Waals surface area contributed by atoms with E-state index in [1.54, 1.807) is 12.1 Å². The van der Waals surface area contributed by atoms with E-state index in [-0.39, 0.29) is 5.82 Å². The Morgan fingerprint density at radius 2 is 1.82 bits per heavy atom. The number of rotatable bonds is 3. The normalized spacial score (nSPS) is 11.5. The zero-order valence-corrected chi connectivity index (χ0v) is 14.9. The predicted molar refractivity (Wildman–Crippen MR) is 110 cm³/mol. The molecule has 135 valence electrons. The fourth-order valence-electron chi connectivity index (χ4n) is 3.96. The number of halogens is 1. The standard InChI is InChI=1S/C24H16FN2O/c25-20-9-3-7-18-22-19(24(26)28)8-4-10-21(22)27(23(18)20)14-15-11-12-16-5-1-2-6-17(16)13-15/h1-6,8-13H,14H2,(H2,26,28). The lowest BCUT2D eigenvalue weighted by atomic mass is 10.1. The van der Waals surface area contributed by atoms with Crippen molar-refractivity contribution in [2.75, 3.05) is 0 Å². The molecule has 4 heteroatoms. The first-order chi connectivity index (χ1) is 13.6. The number of nitrogens with two attached hydrogens (primary N) is 1. The van der Waals surface area contributed by atoms with Crippen LogP contribution in [0.5, 0.6) is 0 Å². The summed E-state index contributed by atoms with van der Waals surface area (Å²) in [5.41, 5.74) is 8.19. The molecule has 5 rings (SSSR count). The number of fused-ring (bicyclic) bond motifs is 4. The zero-order chi connectivity index (χ0) is 19.3. The molecule has 5 aromatic rings. The third-order valence-corrected chi connectivity index (χ3v) is 5.19. The van der Waals surface area contributed by atoms with Gasteiger partial charge in [-0.25, -0.2) is 4.39 Å². The number of aromatic nitrogens is 1. The molecule has 0 unspecified atom stereocenters. The topological polar surface area (TPSA) is 48.0 Å². The van der Waals surface area contributed by atoms with Gasteiger partial charge in [0.05, 0.1) is 11.0 Å². The van der Waals surface area contributed by atoms with Crippen LogP contribution < -0.4 is 5.73 Å². The Bertz CT molecular complexity index is 1380. The van der Waals surface area contributed by atoms with Gasteiger partial charge in [0.25, 0.3) is 0 Å². The highest BCUT2D eigenvalue weighted by Gasteiger charge is 2.19. The maximum Gasteiger partial charge on any atom is 0.249 e. The largest absolute Gasteiger partial charge is 0.366 e. The van der Waals surface area contributed by atoms with E-state index in [9.17, 15) is 9.18 Å². The second kappa shape index (κ2) is 6.20. The average Bonchev–Trinajstić information content (AvgIpc) is 3.03. The summed E-state index contributed by atoms with van der Waals surface area (Å²) in [6, 6.07) is 25.7. The number of hydrogen-bond donors (Lipinski definition) is 1. The van der Waals surface area contributed by atoms with Gasteiger partial charge < -0.3 is 10.3 Å². The zero-order valence-electron chi connectivity index (χ0n) is 14.9. The maximum absolute atomic E-state index is 14.8. The Hall–Kier alpha value is -3.66. The summed E-state index contributed by atoms with van der Waals surface area (Å²) in [5.74, 6) is -0.880. The monoisotopic (exact) mass is 367 g/mol. The van der Waals surface area contributed by atoms with Crippen LogP contribution in [0.2, 0.25) is 0 Å². The van der Waals surface area contributed by atoms with Crippen LogP contribution in [0.4, 0.5) is 4.39 Å². The molecule has 0 fully saturated rings. The molecule has 0 spiro atoms. The third-order valence-electron chi connectivity index (χ3n) is 5.19. The Labute approximate surface area is 160 Å². The number of benzene rings is 4. The van der Waals surface area contributed by atoms with Crippen molar-refractivity contribution in [1.82, 2.24) is 4.57 Å². The number of primary amides is 1. The van der Waals surface area contributed by atoms with Gasteiger partial charge in [-0.05, 0) is 46.7 Å². The fourth-order valence-corrected chi connectivity index (χ4v) is 3.96. The Kier molecular flexibility index (Phi) is 3.66. The van der Waals surface area contributed by atoms with Crippen LogP contribution in [-0.4, -0.2) is 10.5 Å². The number of carbonyl (C=O) groups is 1. The van der Waals surface area contributed by atoms with Crippen LogP contribution in [-0.2, 0) is 6.54 Å². The minimum Gasteiger partial charge on any atom is -0.366 e. The minimum absolute atomic E-state index is 0.346.